The third-order valence-electron chi connectivity index (χ3n) is 1.54. The largest absolute Gasteiger partial charge is 0.316 e. The Morgan fingerprint density at radius 2 is 2.27 bits per heavy atom. The second-order valence-corrected chi connectivity index (χ2v) is 2.76. The molecule has 0 saturated heterocycles. The second-order valence-electron chi connectivity index (χ2n) is 2.38. The van der Waals surface area contributed by atoms with Gasteiger partial charge in [-0.25, -0.2) is 5.48 Å². The van der Waals surface area contributed by atoms with Crippen LogP contribution in [0.4, 0.5) is 0 Å². The Balaban J connectivity index is 2.96. The molecule has 0 saturated carbocycles. The summed E-state index contributed by atoms with van der Waals surface area (Å²) in [5.41, 5.74) is 4.01. The molecule has 1 aromatic rings. The molecule has 3 heteroatoms. The summed E-state index contributed by atoms with van der Waals surface area (Å²) in [5, 5.41) is 9.14. The van der Waals surface area contributed by atoms with E-state index in [1.54, 1.807) is 0 Å². The summed E-state index contributed by atoms with van der Waals surface area (Å²) in [5.74, 6) is 0. The van der Waals surface area contributed by atoms with Crippen LogP contribution in [0.1, 0.15) is 11.1 Å². The van der Waals surface area contributed by atoms with Crippen molar-refractivity contribution < 1.29 is 5.21 Å². The highest BCUT2D eigenvalue weighted by Crippen LogP contribution is 2.19. The highest BCUT2D eigenvalue weighted by molar-refractivity contribution is 6.32. The van der Waals surface area contributed by atoms with E-state index >= 15 is 0 Å². The van der Waals surface area contributed by atoms with Crippen LogP contribution in [0.25, 0.3) is 0 Å². The molecule has 1 aromatic carbocycles. The first-order chi connectivity index (χ1) is 5.25. The normalized spacial score (nSPS) is 10.1. The maximum Gasteiger partial charge on any atom is 0.0481 e. The number of halogens is 1. The number of nitrogens with one attached hydrogen (secondary N) is 1. The van der Waals surface area contributed by atoms with Crippen LogP contribution in [0.2, 0.25) is 5.02 Å². The van der Waals surface area contributed by atoms with Crippen molar-refractivity contribution in [3.8, 4) is 0 Å². The summed E-state index contributed by atoms with van der Waals surface area (Å²) in [6, 6.07) is 5.72. The fourth-order valence-corrected chi connectivity index (χ4v) is 1.12. The zero-order valence-corrected chi connectivity index (χ0v) is 7.02. The van der Waals surface area contributed by atoms with Gasteiger partial charge in [0, 0.05) is 11.6 Å². The van der Waals surface area contributed by atoms with Gasteiger partial charge in [-0.3, -0.25) is 0 Å². The fourth-order valence-electron chi connectivity index (χ4n) is 0.930. The molecule has 2 N–H and O–H groups in total. The van der Waals surface area contributed by atoms with Gasteiger partial charge in [0.25, 0.3) is 0 Å². The Kier molecular flexibility index (Phi) is 2.88. The minimum absolute atomic E-state index is 0.389. The smallest absolute Gasteiger partial charge is 0.0481 e. The molecule has 0 amide bonds. The Morgan fingerprint density at radius 1 is 1.55 bits per heavy atom. The van der Waals surface area contributed by atoms with E-state index in [0.717, 1.165) is 11.1 Å². The zero-order valence-electron chi connectivity index (χ0n) is 6.26. The molecule has 0 unspecified atom stereocenters. The average molecular weight is 172 g/mol. The molecule has 0 heterocycles. The quantitative estimate of drug-likeness (QED) is 0.669. The number of hydrogen-bond donors (Lipinski definition) is 2. The van der Waals surface area contributed by atoms with E-state index in [-0.39, 0.29) is 0 Å². The van der Waals surface area contributed by atoms with E-state index < -0.39 is 0 Å². The van der Waals surface area contributed by atoms with Gasteiger partial charge in [0.1, 0.15) is 0 Å². The first-order valence-corrected chi connectivity index (χ1v) is 3.74. The van der Waals surface area contributed by atoms with Gasteiger partial charge in [-0.05, 0) is 18.1 Å². The fraction of sp³-hybridized carbons (Fsp3) is 0.250. The second kappa shape index (κ2) is 3.72. The number of hydroxylamine groups is 1. The lowest BCUT2D eigenvalue weighted by atomic mass is 10.1. The van der Waals surface area contributed by atoms with Crippen molar-refractivity contribution in [2.75, 3.05) is 0 Å². The van der Waals surface area contributed by atoms with Crippen molar-refractivity contribution in [2.45, 2.75) is 13.5 Å². The Morgan fingerprint density at radius 3 is 2.91 bits per heavy atom. The summed E-state index contributed by atoms with van der Waals surface area (Å²) in [6.07, 6.45) is 0. The summed E-state index contributed by atoms with van der Waals surface area (Å²) in [6.45, 7) is 2.32. The minimum Gasteiger partial charge on any atom is -0.316 e. The lowest BCUT2D eigenvalue weighted by Crippen LogP contribution is -2.06. The summed E-state index contributed by atoms with van der Waals surface area (Å²) in [4.78, 5) is 0. The monoisotopic (exact) mass is 171 g/mol. The molecule has 0 aromatic heterocycles. The molecule has 0 aliphatic heterocycles. The van der Waals surface area contributed by atoms with E-state index in [9.17, 15) is 0 Å². The summed E-state index contributed by atoms with van der Waals surface area (Å²) < 4.78 is 0. The minimum atomic E-state index is 0.389. The maximum atomic E-state index is 8.43. The lowest BCUT2D eigenvalue weighted by molar-refractivity contribution is 0.161. The number of rotatable bonds is 2. The predicted octanol–water partition coefficient (Wildman–Crippen LogP) is 2.13. The average Bonchev–Trinajstić information content (AvgIpc) is 1.99. The van der Waals surface area contributed by atoms with Gasteiger partial charge in [-0.15, -0.1) is 0 Å². The first-order valence-electron chi connectivity index (χ1n) is 3.36. The number of aryl methyl sites for hydroxylation is 1. The summed E-state index contributed by atoms with van der Waals surface area (Å²) in [7, 11) is 0. The van der Waals surface area contributed by atoms with E-state index in [1.165, 1.54) is 0 Å². The molecule has 0 aliphatic carbocycles. The van der Waals surface area contributed by atoms with Crippen molar-refractivity contribution in [1.82, 2.24) is 5.48 Å². The van der Waals surface area contributed by atoms with Crippen LogP contribution in [0.3, 0.4) is 0 Å². The van der Waals surface area contributed by atoms with E-state index in [4.69, 9.17) is 16.8 Å². The van der Waals surface area contributed by atoms with Gasteiger partial charge in [-0.2, -0.15) is 0 Å². The van der Waals surface area contributed by atoms with Crippen LogP contribution in [-0.4, -0.2) is 5.21 Å². The van der Waals surface area contributed by atoms with Crippen LogP contribution in [0.15, 0.2) is 18.2 Å². The SMILES string of the molecule is Cc1cccc(CNO)c1Cl. The number of benzene rings is 1. The molecule has 0 spiro atoms. The third kappa shape index (κ3) is 1.93. The Hall–Kier alpha value is -0.570. The molecule has 60 valence electrons. The molecular formula is C8H10ClNO. The van der Waals surface area contributed by atoms with E-state index in [2.05, 4.69) is 5.48 Å². The molecule has 1 rings (SSSR count). The van der Waals surface area contributed by atoms with Gasteiger partial charge in [0.05, 0.1) is 0 Å². The van der Waals surface area contributed by atoms with Crippen molar-refractivity contribution in [3.63, 3.8) is 0 Å². The van der Waals surface area contributed by atoms with Gasteiger partial charge in [0.15, 0.2) is 0 Å². The lowest BCUT2D eigenvalue weighted by Gasteiger charge is -2.04. The van der Waals surface area contributed by atoms with Crippen LogP contribution in [0, 0.1) is 6.92 Å². The first kappa shape index (κ1) is 8.53. The van der Waals surface area contributed by atoms with E-state index in [1.807, 2.05) is 25.1 Å². The van der Waals surface area contributed by atoms with Crippen LogP contribution in [-0.2, 0) is 6.54 Å². The van der Waals surface area contributed by atoms with Gasteiger partial charge in [-0.1, -0.05) is 29.8 Å². The van der Waals surface area contributed by atoms with Gasteiger partial charge < -0.3 is 5.21 Å². The summed E-state index contributed by atoms with van der Waals surface area (Å²) >= 11 is 5.92. The topological polar surface area (TPSA) is 32.3 Å². The highest BCUT2D eigenvalue weighted by Gasteiger charge is 2.00. The van der Waals surface area contributed by atoms with Crippen LogP contribution in [0.5, 0.6) is 0 Å². The van der Waals surface area contributed by atoms with Crippen LogP contribution >= 0.6 is 11.6 Å². The predicted molar refractivity (Wildman–Crippen MR) is 44.8 cm³/mol. The molecule has 0 radical (unpaired) electrons. The molecular weight excluding hydrogens is 162 g/mol. The number of hydrogen-bond acceptors (Lipinski definition) is 2. The molecule has 0 atom stereocenters. The van der Waals surface area contributed by atoms with Gasteiger partial charge in [0.2, 0.25) is 0 Å². The zero-order chi connectivity index (χ0) is 8.27. The standard InChI is InChI=1S/C8H10ClNO/c1-6-3-2-4-7(5-10-11)8(6)9/h2-4,10-11H,5H2,1H3. The third-order valence-corrected chi connectivity index (χ3v) is 2.08. The maximum absolute atomic E-state index is 8.43. The van der Waals surface area contributed by atoms with E-state index in [0.29, 0.717) is 11.6 Å². The van der Waals surface area contributed by atoms with Gasteiger partial charge >= 0.3 is 0 Å². The molecule has 2 nitrogen and oxygen atoms in total. The van der Waals surface area contributed by atoms with Crippen molar-refractivity contribution in [2.24, 2.45) is 0 Å². The molecule has 0 aliphatic rings. The molecule has 0 fully saturated rings. The highest BCUT2D eigenvalue weighted by atomic mass is 35.5. The Labute approximate surface area is 70.8 Å². The Bertz CT molecular complexity index is 250. The van der Waals surface area contributed by atoms with Crippen molar-refractivity contribution in [3.05, 3.63) is 34.3 Å². The molecule has 0 bridgehead atoms. The van der Waals surface area contributed by atoms with Crippen LogP contribution < -0.4 is 5.48 Å². The van der Waals surface area contributed by atoms with Crippen molar-refractivity contribution >= 4 is 11.6 Å². The van der Waals surface area contributed by atoms with Crippen molar-refractivity contribution in [1.29, 1.82) is 0 Å². The molecule has 11 heavy (non-hydrogen) atoms.